The van der Waals surface area contributed by atoms with Crippen molar-refractivity contribution >= 4 is 17.5 Å². The maximum absolute atomic E-state index is 12.1. The average Bonchev–Trinajstić information content (AvgIpc) is 2.69. The van der Waals surface area contributed by atoms with Gasteiger partial charge in [-0.15, -0.1) is 0 Å². The van der Waals surface area contributed by atoms with Crippen LogP contribution < -0.4 is 19.5 Å². The molecule has 3 rings (SSSR count). The minimum atomic E-state index is -0.131. The van der Waals surface area contributed by atoms with E-state index in [1.165, 1.54) is 6.20 Å². The van der Waals surface area contributed by atoms with E-state index in [0.29, 0.717) is 22.5 Å². The van der Waals surface area contributed by atoms with Crippen molar-refractivity contribution in [3.05, 3.63) is 41.7 Å². The van der Waals surface area contributed by atoms with E-state index in [-0.39, 0.29) is 24.7 Å². The fourth-order valence-electron chi connectivity index (χ4n) is 2.93. The molecule has 1 fully saturated rings. The number of ether oxygens (including phenoxy) is 3. The number of nitrogens with one attached hydrogen (secondary N) is 1. The molecule has 27 heavy (non-hydrogen) atoms. The van der Waals surface area contributed by atoms with Gasteiger partial charge in [-0.3, -0.25) is 9.78 Å². The lowest BCUT2D eigenvalue weighted by Crippen LogP contribution is -2.41. The quantitative estimate of drug-likeness (QED) is 0.781. The fraction of sp³-hybridized carbons (Fsp3) is 0.421. The van der Waals surface area contributed by atoms with Crippen molar-refractivity contribution in [3.8, 4) is 17.5 Å². The van der Waals surface area contributed by atoms with E-state index in [1.807, 2.05) is 0 Å². The Morgan fingerprint density at radius 2 is 1.85 bits per heavy atom. The van der Waals surface area contributed by atoms with Crippen LogP contribution in [0.1, 0.15) is 25.7 Å². The predicted octanol–water partition coefficient (Wildman–Crippen LogP) is 3.02. The summed E-state index contributed by atoms with van der Waals surface area (Å²) in [6, 6.07) is 7.05. The van der Waals surface area contributed by atoms with Gasteiger partial charge in [-0.25, -0.2) is 0 Å². The molecule has 0 saturated heterocycles. The van der Waals surface area contributed by atoms with E-state index in [9.17, 15) is 4.79 Å². The number of carbonyl (C=O) groups is 1. The Bertz CT molecular complexity index is 749. The smallest absolute Gasteiger partial charge is 0.258 e. The van der Waals surface area contributed by atoms with Crippen LogP contribution in [0, 0.1) is 0 Å². The van der Waals surface area contributed by atoms with Crippen LogP contribution in [0.25, 0.3) is 0 Å². The molecule has 1 saturated carbocycles. The summed E-state index contributed by atoms with van der Waals surface area (Å²) in [4.78, 5) is 20.3. The molecule has 1 aromatic heterocycles. The van der Waals surface area contributed by atoms with E-state index >= 15 is 0 Å². The van der Waals surface area contributed by atoms with Gasteiger partial charge in [0, 0.05) is 11.1 Å². The number of rotatable bonds is 7. The van der Waals surface area contributed by atoms with Crippen molar-refractivity contribution in [1.82, 2.24) is 15.3 Å². The average molecular weight is 392 g/mol. The monoisotopic (exact) mass is 391 g/mol. The highest BCUT2D eigenvalue weighted by Gasteiger charge is 2.24. The molecule has 0 spiro atoms. The molecular formula is C19H22ClN3O4. The van der Waals surface area contributed by atoms with Gasteiger partial charge >= 0.3 is 0 Å². The van der Waals surface area contributed by atoms with Crippen molar-refractivity contribution in [3.63, 3.8) is 0 Å². The van der Waals surface area contributed by atoms with E-state index < -0.39 is 0 Å². The predicted molar refractivity (Wildman–Crippen MR) is 100 cm³/mol. The second kappa shape index (κ2) is 9.41. The van der Waals surface area contributed by atoms with Crippen LogP contribution in [0.15, 0.2) is 36.7 Å². The molecule has 0 bridgehead atoms. The molecule has 2 aromatic rings. The summed E-state index contributed by atoms with van der Waals surface area (Å²) < 4.78 is 16.4. The summed E-state index contributed by atoms with van der Waals surface area (Å²) in [5, 5.41) is 3.64. The molecule has 1 amide bonds. The number of nitrogens with zero attached hydrogens (tertiary/aromatic N) is 2. The first-order valence-electron chi connectivity index (χ1n) is 8.83. The van der Waals surface area contributed by atoms with Gasteiger partial charge in [0.2, 0.25) is 11.8 Å². The van der Waals surface area contributed by atoms with Crippen molar-refractivity contribution in [1.29, 1.82) is 0 Å². The van der Waals surface area contributed by atoms with Crippen LogP contribution >= 0.6 is 11.6 Å². The van der Waals surface area contributed by atoms with E-state index in [0.717, 1.165) is 25.7 Å². The topological polar surface area (TPSA) is 82.6 Å². The zero-order valence-electron chi connectivity index (χ0n) is 15.1. The summed E-state index contributed by atoms with van der Waals surface area (Å²) in [6.45, 7) is -0.0164. The highest BCUT2D eigenvalue weighted by Crippen LogP contribution is 2.23. The standard InChI is InChI=1S/C19H22ClN3O4/c1-25-18-10-21-11-19(23-18)27-16-8-4-14(5-9-16)22-17(24)12-26-15-6-2-13(20)3-7-15/h2-3,6-7,10-11,14,16H,4-5,8-9,12H2,1H3,(H,22,24). The molecule has 1 N–H and O–H groups in total. The van der Waals surface area contributed by atoms with E-state index in [4.69, 9.17) is 25.8 Å². The summed E-state index contributed by atoms with van der Waals surface area (Å²) in [6.07, 6.45) is 6.52. The second-order valence-corrected chi connectivity index (χ2v) is 6.74. The molecule has 7 nitrogen and oxygen atoms in total. The van der Waals surface area contributed by atoms with Crippen molar-refractivity contribution in [2.75, 3.05) is 13.7 Å². The first-order chi connectivity index (χ1) is 13.1. The highest BCUT2D eigenvalue weighted by atomic mass is 35.5. The first kappa shape index (κ1) is 19.2. The van der Waals surface area contributed by atoms with Crippen molar-refractivity contribution < 1.29 is 19.0 Å². The van der Waals surface area contributed by atoms with Gasteiger partial charge in [0.25, 0.3) is 5.91 Å². The number of aromatic nitrogens is 2. The van der Waals surface area contributed by atoms with Crippen LogP contribution in [0.5, 0.6) is 17.5 Å². The first-order valence-corrected chi connectivity index (χ1v) is 9.20. The lowest BCUT2D eigenvalue weighted by molar-refractivity contribution is -0.124. The number of hydrogen-bond acceptors (Lipinski definition) is 6. The van der Waals surface area contributed by atoms with Gasteiger partial charge in [-0.2, -0.15) is 4.98 Å². The summed E-state index contributed by atoms with van der Waals surface area (Å²) >= 11 is 5.82. The molecule has 1 aliphatic carbocycles. The molecule has 1 aliphatic rings. The Morgan fingerprint density at radius 1 is 1.15 bits per heavy atom. The molecule has 144 valence electrons. The number of methoxy groups -OCH3 is 1. The fourth-order valence-corrected chi connectivity index (χ4v) is 3.06. The highest BCUT2D eigenvalue weighted by molar-refractivity contribution is 6.30. The Hall–Kier alpha value is -2.54. The van der Waals surface area contributed by atoms with Gasteiger partial charge in [0.15, 0.2) is 6.61 Å². The SMILES string of the molecule is COc1cncc(OC2CCC(NC(=O)COc3ccc(Cl)cc3)CC2)n1. The zero-order chi connectivity index (χ0) is 19.1. The maximum Gasteiger partial charge on any atom is 0.258 e. The molecule has 1 aromatic carbocycles. The molecule has 8 heteroatoms. The summed E-state index contributed by atoms with van der Waals surface area (Å²) in [5.74, 6) is 1.37. The van der Waals surface area contributed by atoms with Crippen molar-refractivity contribution in [2.45, 2.75) is 37.8 Å². The number of carbonyl (C=O) groups excluding carboxylic acids is 1. The van der Waals surface area contributed by atoms with Crippen molar-refractivity contribution in [2.24, 2.45) is 0 Å². The maximum atomic E-state index is 12.1. The normalized spacial score (nSPS) is 19.2. The van der Waals surface area contributed by atoms with E-state index in [2.05, 4.69) is 15.3 Å². The lowest BCUT2D eigenvalue weighted by Gasteiger charge is -2.29. The number of benzene rings is 1. The van der Waals surface area contributed by atoms with Crippen LogP contribution in [-0.4, -0.2) is 41.7 Å². The second-order valence-electron chi connectivity index (χ2n) is 6.30. The van der Waals surface area contributed by atoms with Crippen LogP contribution in [0.2, 0.25) is 5.02 Å². The molecule has 1 heterocycles. The van der Waals surface area contributed by atoms with Gasteiger partial charge < -0.3 is 19.5 Å². The van der Waals surface area contributed by atoms with Crippen LogP contribution in [0.3, 0.4) is 0 Å². The van der Waals surface area contributed by atoms with Crippen LogP contribution in [0.4, 0.5) is 0 Å². The number of amides is 1. The largest absolute Gasteiger partial charge is 0.484 e. The minimum absolute atomic E-state index is 0.0164. The van der Waals surface area contributed by atoms with Gasteiger partial charge in [-0.1, -0.05) is 11.6 Å². The third-order valence-electron chi connectivity index (χ3n) is 4.31. The Labute approximate surface area is 163 Å². The van der Waals surface area contributed by atoms with Gasteiger partial charge in [0.05, 0.1) is 19.5 Å². The number of hydrogen-bond donors (Lipinski definition) is 1. The molecule has 0 radical (unpaired) electrons. The van der Waals surface area contributed by atoms with Crippen LogP contribution in [-0.2, 0) is 4.79 Å². The Kier molecular flexibility index (Phi) is 6.70. The molecule has 0 atom stereocenters. The summed E-state index contributed by atoms with van der Waals surface area (Å²) in [5.41, 5.74) is 0. The number of halogens is 1. The Balaban J connectivity index is 1.38. The molecular weight excluding hydrogens is 370 g/mol. The molecule has 0 unspecified atom stereocenters. The van der Waals surface area contributed by atoms with Gasteiger partial charge in [-0.05, 0) is 49.9 Å². The Morgan fingerprint density at radius 3 is 2.56 bits per heavy atom. The minimum Gasteiger partial charge on any atom is -0.484 e. The molecule has 0 aliphatic heterocycles. The zero-order valence-corrected chi connectivity index (χ0v) is 15.8. The lowest BCUT2D eigenvalue weighted by atomic mass is 9.93. The third-order valence-corrected chi connectivity index (χ3v) is 4.56. The van der Waals surface area contributed by atoms with Gasteiger partial charge in [0.1, 0.15) is 11.9 Å². The van der Waals surface area contributed by atoms with E-state index in [1.54, 1.807) is 37.6 Å². The summed E-state index contributed by atoms with van der Waals surface area (Å²) in [7, 11) is 1.54. The third kappa shape index (κ3) is 5.99.